The van der Waals surface area contributed by atoms with Crippen LogP contribution in [0.25, 0.3) is 11.1 Å². The zero-order valence-corrected chi connectivity index (χ0v) is 9.07. The van der Waals surface area contributed by atoms with E-state index in [1.807, 2.05) is 20.8 Å². The highest BCUT2D eigenvalue weighted by Gasteiger charge is 2.18. The van der Waals surface area contributed by atoms with Gasteiger partial charge in [-0.05, 0) is 12.1 Å². The summed E-state index contributed by atoms with van der Waals surface area (Å²) in [7, 11) is 0. The SMILES string of the molecule is CC(C)(C)c1cc(=O)c2ncccc2o1. The number of nitrogens with zero attached hydrogens (tertiary/aromatic N) is 1. The van der Waals surface area contributed by atoms with E-state index in [0.717, 1.165) is 0 Å². The third kappa shape index (κ3) is 1.77. The fourth-order valence-electron chi connectivity index (χ4n) is 1.36. The minimum Gasteiger partial charge on any atom is -0.459 e. The van der Waals surface area contributed by atoms with Crippen molar-refractivity contribution in [2.75, 3.05) is 0 Å². The second-order valence-corrected chi connectivity index (χ2v) is 4.58. The van der Waals surface area contributed by atoms with Crippen LogP contribution in [0.1, 0.15) is 26.5 Å². The van der Waals surface area contributed by atoms with Crippen molar-refractivity contribution < 1.29 is 4.42 Å². The molecule has 0 saturated heterocycles. The van der Waals surface area contributed by atoms with E-state index in [4.69, 9.17) is 4.42 Å². The van der Waals surface area contributed by atoms with Gasteiger partial charge < -0.3 is 4.42 Å². The Morgan fingerprint density at radius 1 is 1.33 bits per heavy atom. The summed E-state index contributed by atoms with van der Waals surface area (Å²) in [5.41, 5.74) is 0.700. The molecular formula is C12H13NO2. The van der Waals surface area contributed by atoms with Crippen LogP contribution in [0, 0.1) is 0 Å². The lowest BCUT2D eigenvalue weighted by atomic mass is 9.93. The number of aromatic nitrogens is 1. The molecule has 0 bridgehead atoms. The van der Waals surface area contributed by atoms with Crippen LogP contribution in [0.3, 0.4) is 0 Å². The number of fused-ring (bicyclic) bond motifs is 1. The number of rotatable bonds is 0. The second kappa shape index (κ2) is 3.19. The van der Waals surface area contributed by atoms with Gasteiger partial charge in [-0.15, -0.1) is 0 Å². The van der Waals surface area contributed by atoms with Crippen LogP contribution >= 0.6 is 0 Å². The summed E-state index contributed by atoms with van der Waals surface area (Å²) in [4.78, 5) is 15.7. The molecule has 3 nitrogen and oxygen atoms in total. The molecule has 0 atom stereocenters. The highest BCUT2D eigenvalue weighted by atomic mass is 16.3. The molecule has 0 radical (unpaired) electrons. The summed E-state index contributed by atoms with van der Waals surface area (Å²) in [5, 5.41) is 0. The molecule has 0 N–H and O–H groups in total. The number of hydrogen-bond donors (Lipinski definition) is 0. The lowest BCUT2D eigenvalue weighted by Crippen LogP contribution is -2.15. The van der Waals surface area contributed by atoms with Crippen molar-refractivity contribution in [1.29, 1.82) is 0 Å². The summed E-state index contributed by atoms with van der Waals surface area (Å²) in [6, 6.07) is 5.05. The molecule has 0 amide bonds. The van der Waals surface area contributed by atoms with Gasteiger partial charge in [-0.25, -0.2) is 4.98 Å². The van der Waals surface area contributed by atoms with E-state index in [0.29, 0.717) is 16.9 Å². The van der Waals surface area contributed by atoms with Crippen molar-refractivity contribution in [1.82, 2.24) is 4.98 Å². The van der Waals surface area contributed by atoms with Gasteiger partial charge in [-0.2, -0.15) is 0 Å². The number of hydrogen-bond acceptors (Lipinski definition) is 3. The van der Waals surface area contributed by atoms with Crippen molar-refractivity contribution in [2.45, 2.75) is 26.2 Å². The summed E-state index contributed by atoms with van der Waals surface area (Å²) in [5.74, 6) is 0.688. The molecule has 2 aromatic heterocycles. The summed E-state index contributed by atoms with van der Waals surface area (Å²) in [6.45, 7) is 6.02. The second-order valence-electron chi connectivity index (χ2n) is 4.58. The van der Waals surface area contributed by atoms with Gasteiger partial charge in [0.2, 0.25) is 5.43 Å². The van der Waals surface area contributed by atoms with Crippen LogP contribution in [0.2, 0.25) is 0 Å². The van der Waals surface area contributed by atoms with Crippen molar-refractivity contribution in [2.24, 2.45) is 0 Å². The summed E-state index contributed by atoms with van der Waals surface area (Å²) < 4.78 is 5.64. The first kappa shape index (κ1) is 9.90. The van der Waals surface area contributed by atoms with E-state index in [9.17, 15) is 4.79 Å². The van der Waals surface area contributed by atoms with Crippen molar-refractivity contribution in [3.63, 3.8) is 0 Å². The molecule has 0 saturated carbocycles. The van der Waals surface area contributed by atoms with Crippen LogP contribution in [0.15, 0.2) is 33.6 Å². The quantitative estimate of drug-likeness (QED) is 0.660. The van der Waals surface area contributed by atoms with Crippen LogP contribution in [0.5, 0.6) is 0 Å². The molecule has 0 unspecified atom stereocenters. The van der Waals surface area contributed by atoms with Gasteiger partial charge >= 0.3 is 0 Å². The van der Waals surface area contributed by atoms with Crippen LogP contribution in [0.4, 0.5) is 0 Å². The zero-order chi connectivity index (χ0) is 11.1. The molecular weight excluding hydrogens is 190 g/mol. The predicted molar refractivity (Wildman–Crippen MR) is 59.0 cm³/mol. The third-order valence-electron chi connectivity index (χ3n) is 2.23. The van der Waals surface area contributed by atoms with Gasteiger partial charge in [-0.1, -0.05) is 20.8 Å². The van der Waals surface area contributed by atoms with Crippen molar-refractivity contribution in [3.8, 4) is 0 Å². The minimum absolute atomic E-state index is 0.0817. The average Bonchev–Trinajstić information content (AvgIpc) is 2.16. The van der Waals surface area contributed by atoms with Crippen LogP contribution in [-0.2, 0) is 5.41 Å². The highest BCUT2D eigenvalue weighted by Crippen LogP contribution is 2.22. The third-order valence-corrected chi connectivity index (χ3v) is 2.23. The Hall–Kier alpha value is -1.64. The minimum atomic E-state index is -0.164. The fourth-order valence-corrected chi connectivity index (χ4v) is 1.36. The van der Waals surface area contributed by atoms with E-state index in [1.54, 1.807) is 18.3 Å². The Bertz CT molecular complexity index is 549. The molecule has 0 aromatic carbocycles. The molecule has 2 aromatic rings. The molecule has 0 aliphatic heterocycles. The lowest BCUT2D eigenvalue weighted by Gasteiger charge is -2.16. The largest absolute Gasteiger partial charge is 0.459 e. The van der Waals surface area contributed by atoms with Crippen molar-refractivity contribution >= 4 is 11.1 Å². The van der Waals surface area contributed by atoms with E-state index in [2.05, 4.69) is 4.98 Å². The maximum atomic E-state index is 11.7. The summed E-state index contributed by atoms with van der Waals surface area (Å²) >= 11 is 0. The van der Waals surface area contributed by atoms with Gasteiger partial charge in [0.25, 0.3) is 0 Å². The Morgan fingerprint density at radius 2 is 2.07 bits per heavy atom. The van der Waals surface area contributed by atoms with Gasteiger partial charge in [0.1, 0.15) is 5.76 Å². The fraction of sp³-hybridized carbons (Fsp3) is 0.333. The molecule has 0 aliphatic carbocycles. The first-order chi connectivity index (χ1) is 6.98. The van der Waals surface area contributed by atoms with E-state index in [-0.39, 0.29) is 10.8 Å². The standard InChI is InChI=1S/C12H13NO2/c1-12(2,3)10-7-8(14)11-9(15-10)5-4-6-13-11/h4-7H,1-3H3. The molecule has 2 rings (SSSR count). The molecule has 2 heterocycles. The van der Waals surface area contributed by atoms with E-state index < -0.39 is 0 Å². The Kier molecular flexibility index (Phi) is 2.11. The molecule has 0 fully saturated rings. The van der Waals surface area contributed by atoms with Crippen LogP contribution in [-0.4, -0.2) is 4.98 Å². The smallest absolute Gasteiger partial charge is 0.211 e. The zero-order valence-electron chi connectivity index (χ0n) is 9.07. The average molecular weight is 203 g/mol. The van der Waals surface area contributed by atoms with Crippen molar-refractivity contribution in [3.05, 3.63) is 40.4 Å². The molecule has 78 valence electrons. The van der Waals surface area contributed by atoms with Gasteiger partial charge in [0.05, 0.1) is 0 Å². The topological polar surface area (TPSA) is 43.1 Å². The van der Waals surface area contributed by atoms with Gasteiger partial charge in [0, 0.05) is 17.7 Å². The molecule has 15 heavy (non-hydrogen) atoms. The van der Waals surface area contributed by atoms with E-state index in [1.165, 1.54) is 6.07 Å². The monoisotopic (exact) mass is 203 g/mol. The predicted octanol–water partition coefficient (Wildman–Crippen LogP) is 2.49. The normalized spacial score (nSPS) is 11.9. The van der Waals surface area contributed by atoms with Gasteiger partial charge in [0.15, 0.2) is 11.1 Å². The van der Waals surface area contributed by atoms with Gasteiger partial charge in [-0.3, -0.25) is 4.79 Å². The first-order valence-corrected chi connectivity index (χ1v) is 4.88. The van der Waals surface area contributed by atoms with E-state index >= 15 is 0 Å². The number of pyridine rings is 1. The Morgan fingerprint density at radius 3 is 2.73 bits per heavy atom. The maximum absolute atomic E-state index is 11.7. The summed E-state index contributed by atoms with van der Waals surface area (Å²) in [6.07, 6.45) is 1.59. The molecule has 0 spiro atoms. The molecule has 0 aliphatic rings. The Balaban J connectivity index is 2.79. The maximum Gasteiger partial charge on any atom is 0.211 e. The Labute approximate surface area is 87.8 Å². The first-order valence-electron chi connectivity index (χ1n) is 4.88. The lowest BCUT2D eigenvalue weighted by molar-refractivity contribution is 0.420. The molecule has 3 heteroatoms. The van der Waals surface area contributed by atoms with Crippen LogP contribution < -0.4 is 5.43 Å². The highest BCUT2D eigenvalue weighted by molar-refractivity contribution is 5.71.